The predicted octanol–water partition coefficient (Wildman–Crippen LogP) is 1.23. The maximum Gasteiger partial charge on any atom is 0.307 e. The summed E-state index contributed by atoms with van der Waals surface area (Å²) in [7, 11) is 1.35. The standard InChI is InChI=1S/C15H16N4O3/c1-10(20)18-9-11-8-16-17-19(11)13-6-4-3-5-12(13)14(18)7-15(21)22-2/h3-6,8,14H,7,9H2,1-2H3. The lowest BCUT2D eigenvalue weighted by atomic mass is 10.0. The van der Waals surface area contributed by atoms with E-state index in [9.17, 15) is 9.59 Å². The van der Waals surface area contributed by atoms with Gasteiger partial charge in [-0.05, 0) is 6.07 Å². The van der Waals surface area contributed by atoms with Crippen LogP contribution in [0.15, 0.2) is 30.5 Å². The monoisotopic (exact) mass is 300 g/mol. The van der Waals surface area contributed by atoms with Gasteiger partial charge in [0.2, 0.25) is 5.91 Å². The van der Waals surface area contributed by atoms with Crippen LogP contribution in [0.1, 0.15) is 30.6 Å². The molecule has 0 fully saturated rings. The fraction of sp³-hybridized carbons (Fsp3) is 0.333. The van der Waals surface area contributed by atoms with Gasteiger partial charge >= 0.3 is 5.97 Å². The Morgan fingerprint density at radius 1 is 1.36 bits per heavy atom. The van der Waals surface area contributed by atoms with Crippen LogP contribution >= 0.6 is 0 Å². The van der Waals surface area contributed by atoms with E-state index in [1.54, 1.807) is 15.8 Å². The molecule has 1 aliphatic heterocycles. The van der Waals surface area contributed by atoms with Crippen molar-refractivity contribution in [1.82, 2.24) is 19.9 Å². The second-order valence-corrected chi connectivity index (χ2v) is 5.14. The first-order chi connectivity index (χ1) is 10.6. The lowest BCUT2D eigenvalue weighted by Gasteiger charge is -2.28. The normalized spacial score (nSPS) is 16.5. The number of nitrogens with zero attached hydrogens (tertiary/aromatic N) is 4. The zero-order valence-electron chi connectivity index (χ0n) is 12.4. The highest BCUT2D eigenvalue weighted by Crippen LogP contribution is 2.34. The minimum absolute atomic E-state index is 0.103. The molecule has 114 valence electrons. The van der Waals surface area contributed by atoms with Gasteiger partial charge in [0.15, 0.2) is 0 Å². The van der Waals surface area contributed by atoms with Gasteiger partial charge in [-0.25, -0.2) is 4.68 Å². The molecule has 7 heteroatoms. The minimum Gasteiger partial charge on any atom is -0.469 e. The quantitative estimate of drug-likeness (QED) is 0.780. The van der Waals surface area contributed by atoms with Crippen molar-refractivity contribution in [2.24, 2.45) is 0 Å². The Balaban J connectivity index is 2.16. The van der Waals surface area contributed by atoms with E-state index in [2.05, 4.69) is 10.3 Å². The number of para-hydroxylation sites is 1. The molecule has 3 rings (SSSR count). The summed E-state index contributed by atoms with van der Waals surface area (Å²) in [5.74, 6) is -0.470. The average molecular weight is 300 g/mol. The molecule has 0 aliphatic carbocycles. The molecule has 0 N–H and O–H groups in total. The van der Waals surface area contributed by atoms with Gasteiger partial charge in [0.05, 0.1) is 43.7 Å². The molecule has 2 aromatic rings. The average Bonchev–Trinajstić information content (AvgIpc) is 2.93. The fourth-order valence-corrected chi connectivity index (χ4v) is 2.77. The van der Waals surface area contributed by atoms with E-state index in [4.69, 9.17) is 4.74 Å². The molecule has 0 saturated heterocycles. The zero-order chi connectivity index (χ0) is 15.7. The van der Waals surface area contributed by atoms with Crippen molar-refractivity contribution in [3.63, 3.8) is 0 Å². The Labute approximate surface area is 127 Å². The molecule has 1 atom stereocenters. The molecule has 1 aromatic carbocycles. The lowest BCUT2D eigenvalue weighted by Crippen LogP contribution is -2.33. The number of aromatic nitrogens is 3. The molecular formula is C15H16N4O3. The molecule has 1 aromatic heterocycles. The molecular weight excluding hydrogens is 284 g/mol. The van der Waals surface area contributed by atoms with Crippen molar-refractivity contribution < 1.29 is 14.3 Å². The maximum absolute atomic E-state index is 12.1. The van der Waals surface area contributed by atoms with Crippen LogP contribution < -0.4 is 0 Å². The first-order valence-corrected chi connectivity index (χ1v) is 6.94. The van der Waals surface area contributed by atoms with Crippen LogP contribution in [0.2, 0.25) is 0 Å². The summed E-state index contributed by atoms with van der Waals surface area (Å²) in [6.45, 7) is 1.84. The summed E-state index contributed by atoms with van der Waals surface area (Å²) in [6.07, 6.45) is 1.73. The highest BCUT2D eigenvalue weighted by molar-refractivity contribution is 5.77. The van der Waals surface area contributed by atoms with Gasteiger partial charge in [-0.3, -0.25) is 9.59 Å². The van der Waals surface area contributed by atoms with Crippen LogP contribution in [0.4, 0.5) is 0 Å². The topological polar surface area (TPSA) is 77.3 Å². The predicted molar refractivity (Wildman–Crippen MR) is 77.0 cm³/mol. The summed E-state index contributed by atoms with van der Waals surface area (Å²) in [4.78, 5) is 25.5. The summed E-state index contributed by atoms with van der Waals surface area (Å²) in [5, 5.41) is 8.02. The van der Waals surface area contributed by atoms with E-state index in [1.165, 1.54) is 14.0 Å². The highest BCUT2D eigenvalue weighted by Gasteiger charge is 2.32. The minimum atomic E-state index is -0.386. The van der Waals surface area contributed by atoms with E-state index in [1.807, 2.05) is 24.3 Å². The Bertz CT molecular complexity index is 725. The molecule has 1 unspecified atom stereocenters. The van der Waals surface area contributed by atoms with Gasteiger partial charge in [0, 0.05) is 12.5 Å². The van der Waals surface area contributed by atoms with Gasteiger partial charge in [0.1, 0.15) is 0 Å². The number of carbonyl (C=O) groups excluding carboxylic acids is 2. The van der Waals surface area contributed by atoms with Crippen molar-refractivity contribution in [2.75, 3.05) is 7.11 Å². The van der Waals surface area contributed by atoms with Gasteiger partial charge in [0.25, 0.3) is 0 Å². The smallest absolute Gasteiger partial charge is 0.307 e. The molecule has 0 bridgehead atoms. The van der Waals surface area contributed by atoms with E-state index in [0.717, 1.165) is 16.9 Å². The van der Waals surface area contributed by atoms with Crippen molar-refractivity contribution in [1.29, 1.82) is 0 Å². The van der Waals surface area contributed by atoms with Crippen LogP contribution in [0.25, 0.3) is 5.69 Å². The molecule has 7 nitrogen and oxygen atoms in total. The van der Waals surface area contributed by atoms with Crippen molar-refractivity contribution in [3.8, 4) is 5.69 Å². The van der Waals surface area contributed by atoms with Crippen LogP contribution in [-0.4, -0.2) is 38.9 Å². The van der Waals surface area contributed by atoms with Gasteiger partial charge in [-0.2, -0.15) is 0 Å². The Morgan fingerprint density at radius 3 is 2.86 bits per heavy atom. The Kier molecular flexibility index (Phi) is 3.62. The highest BCUT2D eigenvalue weighted by atomic mass is 16.5. The number of hydrogen-bond donors (Lipinski definition) is 0. The first-order valence-electron chi connectivity index (χ1n) is 6.94. The number of esters is 1. The van der Waals surface area contributed by atoms with Gasteiger partial charge in [-0.15, -0.1) is 5.10 Å². The number of methoxy groups -OCH3 is 1. The third kappa shape index (κ3) is 2.34. The maximum atomic E-state index is 12.1. The van der Waals surface area contributed by atoms with Crippen molar-refractivity contribution in [3.05, 3.63) is 41.7 Å². The zero-order valence-corrected chi connectivity index (χ0v) is 12.4. The van der Waals surface area contributed by atoms with E-state index < -0.39 is 0 Å². The van der Waals surface area contributed by atoms with E-state index in [-0.39, 0.29) is 24.3 Å². The SMILES string of the molecule is COC(=O)CC1c2ccccc2-n2nncc2CN1C(C)=O. The van der Waals surface area contributed by atoms with Crippen LogP contribution in [0.5, 0.6) is 0 Å². The van der Waals surface area contributed by atoms with Crippen molar-refractivity contribution >= 4 is 11.9 Å². The third-order valence-electron chi connectivity index (χ3n) is 3.84. The van der Waals surface area contributed by atoms with Crippen LogP contribution in [-0.2, 0) is 20.9 Å². The Morgan fingerprint density at radius 2 is 2.14 bits per heavy atom. The molecule has 1 amide bonds. The molecule has 1 aliphatic rings. The van der Waals surface area contributed by atoms with E-state index in [0.29, 0.717) is 6.54 Å². The summed E-state index contributed by atoms with van der Waals surface area (Å²) < 4.78 is 6.49. The number of benzene rings is 1. The molecule has 0 saturated carbocycles. The number of carbonyl (C=O) groups is 2. The molecule has 22 heavy (non-hydrogen) atoms. The largest absolute Gasteiger partial charge is 0.469 e. The second kappa shape index (κ2) is 5.59. The molecule has 0 radical (unpaired) electrons. The summed E-state index contributed by atoms with van der Waals surface area (Å²) in [5.41, 5.74) is 2.48. The van der Waals surface area contributed by atoms with Crippen molar-refractivity contribution in [2.45, 2.75) is 25.9 Å². The Hall–Kier alpha value is -2.70. The number of amides is 1. The summed E-state index contributed by atoms with van der Waals surface area (Å²) >= 11 is 0. The second-order valence-electron chi connectivity index (χ2n) is 5.14. The third-order valence-corrected chi connectivity index (χ3v) is 3.84. The summed E-state index contributed by atoms with van der Waals surface area (Å²) in [6, 6.07) is 7.19. The lowest BCUT2D eigenvalue weighted by molar-refractivity contribution is -0.143. The fourth-order valence-electron chi connectivity index (χ4n) is 2.77. The molecule has 2 heterocycles. The van der Waals surface area contributed by atoms with E-state index >= 15 is 0 Å². The molecule has 0 spiro atoms. The van der Waals surface area contributed by atoms with Gasteiger partial charge < -0.3 is 9.64 Å². The number of fused-ring (bicyclic) bond motifs is 3. The van der Waals surface area contributed by atoms with Gasteiger partial charge in [-0.1, -0.05) is 23.4 Å². The first kappa shape index (κ1) is 14.2. The van der Waals surface area contributed by atoms with Crippen LogP contribution in [0, 0.1) is 0 Å². The number of hydrogen-bond acceptors (Lipinski definition) is 5. The number of rotatable bonds is 2. The number of ether oxygens (including phenoxy) is 1. The van der Waals surface area contributed by atoms with Crippen LogP contribution in [0.3, 0.4) is 0 Å².